The summed E-state index contributed by atoms with van der Waals surface area (Å²) in [4.78, 5) is 16.1. The van der Waals surface area contributed by atoms with E-state index in [4.69, 9.17) is 0 Å². The molecule has 2 N–H and O–H groups in total. The molecule has 114 valence electrons. The molecule has 1 rings (SSSR count). The van der Waals surface area contributed by atoms with Crippen molar-refractivity contribution in [2.45, 2.75) is 53.8 Å². The van der Waals surface area contributed by atoms with Crippen LogP contribution in [0, 0.1) is 11.8 Å². The number of nitrogens with zero attached hydrogens (tertiary/aromatic N) is 3. The van der Waals surface area contributed by atoms with Crippen molar-refractivity contribution in [2.24, 2.45) is 11.8 Å². The Morgan fingerprint density at radius 3 is 2.55 bits per heavy atom. The van der Waals surface area contributed by atoms with Gasteiger partial charge in [-0.05, 0) is 18.8 Å². The van der Waals surface area contributed by atoms with Gasteiger partial charge >= 0.3 is 0 Å². The first kappa shape index (κ1) is 16.6. The Balaban J connectivity index is 2.42. The first-order chi connectivity index (χ1) is 9.40. The summed E-state index contributed by atoms with van der Waals surface area (Å²) in [5, 5.41) is 10.3. The zero-order valence-corrected chi connectivity index (χ0v) is 13.2. The molecule has 0 bridgehead atoms. The van der Waals surface area contributed by atoms with Crippen LogP contribution in [0.1, 0.15) is 40.4 Å². The quantitative estimate of drug-likeness (QED) is 0.750. The monoisotopic (exact) mass is 281 g/mol. The van der Waals surface area contributed by atoms with Crippen LogP contribution in [-0.2, 0) is 17.9 Å². The number of amides is 1. The number of carbonyl (C=O) groups excluding carboxylic acids is 1. The Hall–Kier alpha value is -1.43. The molecule has 1 amide bonds. The van der Waals surface area contributed by atoms with Crippen molar-refractivity contribution in [3.63, 3.8) is 0 Å². The Morgan fingerprint density at radius 2 is 1.95 bits per heavy atom. The van der Waals surface area contributed by atoms with Crippen LogP contribution in [0.3, 0.4) is 0 Å². The standard InChI is InChI=1S/C14H27N5O/c1-10(2)6-16-14(20)12(5)15-7-13-17-9-18-19(13)8-11(3)4/h9-12,15H,6-8H2,1-5H3,(H,16,20). The molecule has 20 heavy (non-hydrogen) atoms. The van der Waals surface area contributed by atoms with Crippen LogP contribution >= 0.6 is 0 Å². The Labute approximate surface area is 121 Å². The SMILES string of the molecule is CC(C)CNC(=O)C(C)NCc1ncnn1CC(C)C. The summed E-state index contributed by atoms with van der Waals surface area (Å²) in [6.07, 6.45) is 1.56. The first-order valence-corrected chi connectivity index (χ1v) is 7.28. The number of aromatic nitrogens is 3. The molecule has 0 radical (unpaired) electrons. The molecule has 0 saturated carbocycles. The van der Waals surface area contributed by atoms with Gasteiger partial charge in [-0.15, -0.1) is 0 Å². The summed E-state index contributed by atoms with van der Waals surface area (Å²) >= 11 is 0. The van der Waals surface area contributed by atoms with Gasteiger partial charge < -0.3 is 5.32 Å². The van der Waals surface area contributed by atoms with Crippen LogP contribution in [0.5, 0.6) is 0 Å². The zero-order valence-electron chi connectivity index (χ0n) is 13.2. The largest absolute Gasteiger partial charge is 0.354 e. The molecule has 1 aromatic heterocycles. The number of nitrogens with one attached hydrogen (secondary N) is 2. The van der Waals surface area contributed by atoms with Gasteiger partial charge in [-0.2, -0.15) is 5.10 Å². The molecule has 6 nitrogen and oxygen atoms in total. The number of hydrogen-bond acceptors (Lipinski definition) is 4. The molecule has 1 unspecified atom stereocenters. The highest BCUT2D eigenvalue weighted by atomic mass is 16.2. The molecular formula is C14H27N5O. The van der Waals surface area contributed by atoms with Crippen LogP contribution in [0.2, 0.25) is 0 Å². The second-order valence-corrected chi connectivity index (χ2v) is 5.99. The number of carbonyl (C=O) groups is 1. The van der Waals surface area contributed by atoms with Crippen molar-refractivity contribution in [3.8, 4) is 0 Å². The van der Waals surface area contributed by atoms with Crippen molar-refractivity contribution in [3.05, 3.63) is 12.2 Å². The van der Waals surface area contributed by atoms with Gasteiger partial charge in [0.05, 0.1) is 12.6 Å². The third-order valence-corrected chi connectivity index (χ3v) is 2.88. The van der Waals surface area contributed by atoms with Crippen LogP contribution < -0.4 is 10.6 Å². The summed E-state index contributed by atoms with van der Waals surface area (Å²) in [5.74, 6) is 1.86. The lowest BCUT2D eigenvalue weighted by Crippen LogP contribution is -2.43. The molecular weight excluding hydrogens is 254 g/mol. The molecule has 1 heterocycles. The zero-order chi connectivity index (χ0) is 15.1. The van der Waals surface area contributed by atoms with E-state index in [0.29, 0.717) is 24.9 Å². The topological polar surface area (TPSA) is 71.8 Å². The molecule has 0 aromatic carbocycles. The Kier molecular flexibility index (Phi) is 6.64. The third-order valence-electron chi connectivity index (χ3n) is 2.88. The maximum atomic E-state index is 11.9. The third kappa shape index (κ3) is 5.69. The minimum Gasteiger partial charge on any atom is -0.354 e. The molecule has 0 fully saturated rings. The van der Waals surface area contributed by atoms with Crippen LogP contribution in [0.15, 0.2) is 6.33 Å². The van der Waals surface area contributed by atoms with Gasteiger partial charge in [-0.3, -0.25) is 10.1 Å². The molecule has 0 aliphatic heterocycles. The second kappa shape index (κ2) is 7.99. The molecule has 6 heteroatoms. The van der Waals surface area contributed by atoms with Crippen molar-refractivity contribution >= 4 is 5.91 Å². The van der Waals surface area contributed by atoms with Gasteiger partial charge in [0.1, 0.15) is 12.2 Å². The summed E-state index contributed by atoms with van der Waals surface area (Å²) in [7, 11) is 0. The van der Waals surface area contributed by atoms with Crippen molar-refractivity contribution < 1.29 is 4.79 Å². The molecule has 0 saturated heterocycles. The van der Waals surface area contributed by atoms with Gasteiger partial charge in [0.2, 0.25) is 5.91 Å². The van der Waals surface area contributed by atoms with Crippen molar-refractivity contribution in [1.82, 2.24) is 25.4 Å². The minimum atomic E-state index is -0.238. The van der Waals surface area contributed by atoms with Crippen molar-refractivity contribution in [1.29, 1.82) is 0 Å². The normalized spacial score (nSPS) is 12.9. The van der Waals surface area contributed by atoms with E-state index in [1.54, 1.807) is 6.33 Å². The first-order valence-electron chi connectivity index (χ1n) is 7.28. The summed E-state index contributed by atoms with van der Waals surface area (Å²) in [5.41, 5.74) is 0. The fourth-order valence-corrected chi connectivity index (χ4v) is 1.72. The van der Waals surface area contributed by atoms with Crippen molar-refractivity contribution in [2.75, 3.05) is 6.54 Å². The second-order valence-electron chi connectivity index (χ2n) is 5.99. The van der Waals surface area contributed by atoms with Gasteiger partial charge in [0, 0.05) is 13.1 Å². The number of rotatable bonds is 8. The van der Waals surface area contributed by atoms with E-state index in [1.165, 1.54) is 0 Å². The lowest BCUT2D eigenvalue weighted by molar-refractivity contribution is -0.122. The molecule has 0 aliphatic rings. The smallest absolute Gasteiger partial charge is 0.236 e. The minimum absolute atomic E-state index is 0.0219. The van der Waals surface area contributed by atoms with Gasteiger partial charge in [0.25, 0.3) is 0 Å². The highest BCUT2D eigenvalue weighted by Crippen LogP contribution is 2.01. The number of hydrogen-bond donors (Lipinski definition) is 2. The highest BCUT2D eigenvalue weighted by Gasteiger charge is 2.14. The van der Waals surface area contributed by atoms with E-state index in [-0.39, 0.29) is 11.9 Å². The predicted octanol–water partition coefficient (Wildman–Crippen LogP) is 1.18. The average molecular weight is 281 g/mol. The van der Waals surface area contributed by atoms with E-state index in [0.717, 1.165) is 12.4 Å². The highest BCUT2D eigenvalue weighted by molar-refractivity contribution is 5.81. The maximum Gasteiger partial charge on any atom is 0.236 e. The van der Waals surface area contributed by atoms with E-state index in [9.17, 15) is 4.79 Å². The maximum absolute atomic E-state index is 11.9. The fourth-order valence-electron chi connectivity index (χ4n) is 1.72. The Morgan fingerprint density at radius 1 is 1.25 bits per heavy atom. The molecule has 1 atom stereocenters. The molecule has 0 spiro atoms. The molecule has 1 aromatic rings. The van der Waals surface area contributed by atoms with E-state index >= 15 is 0 Å². The van der Waals surface area contributed by atoms with Gasteiger partial charge in [-0.1, -0.05) is 27.7 Å². The predicted molar refractivity (Wildman–Crippen MR) is 79.0 cm³/mol. The fraction of sp³-hybridized carbons (Fsp3) is 0.786. The van der Waals surface area contributed by atoms with Gasteiger partial charge in [-0.25, -0.2) is 9.67 Å². The summed E-state index contributed by atoms with van der Waals surface area (Å²) in [6, 6.07) is -0.238. The molecule has 0 aliphatic carbocycles. The van der Waals surface area contributed by atoms with Crippen LogP contribution in [0.25, 0.3) is 0 Å². The lowest BCUT2D eigenvalue weighted by atomic mass is 10.2. The van der Waals surface area contributed by atoms with E-state index in [1.807, 2.05) is 11.6 Å². The van der Waals surface area contributed by atoms with Crippen LogP contribution in [-0.4, -0.2) is 33.3 Å². The Bertz CT molecular complexity index is 413. The lowest BCUT2D eigenvalue weighted by Gasteiger charge is -2.15. The average Bonchev–Trinajstić information content (AvgIpc) is 2.79. The summed E-state index contributed by atoms with van der Waals surface area (Å²) < 4.78 is 1.89. The van der Waals surface area contributed by atoms with Gasteiger partial charge in [0.15, 0.2) is 0 Å². The van der Waals surface area contributed by atoms with E-state index < -0.39 is 0 Å². The van der Waals surface area contributed by atoms with E-state index in [2.05, 4.69) is 48.4 Å². The van der Waals surface area contributed by atoms with Crippen LogP contribution in [0.4, 0.5) is 0 Å². The summed E-state index contributed by atoms with van der Waals surface area (Å²) in [6.45, 7) is 12.4.